The summed E-state index contributed by atoms with van der Waals surface area (Å²) in [6.07, 6.45) is 1.81. The van der Waals surface area contributed by atoms with Crippen molar-refractivity contribution in [1.82, 2.24) is 10.3 Å². The number of methoxy groups -OCH3 is 1. The monoisotopic (exact) mass is 286 g/mol. The van der Waals surface area contributed by atoms with Crippen LogP contribution in [-0.4, -0.2) is 18.7 Å². The van der Waals surface area contributed by atoms with Crippen LogP contribution in [0.1, 0.15) is 31.1 Å². The third-order valence-corrected chi connectivity index (χ3v) is 3.29. The minimum absolute atomic E-state index is 0.173. The van der Waals surface area contributed by atoms with Gasteiger partial charge in [0.05, 0.1) is 19.4 Å². The highest BCUT2D eigenvalue weighted by atomic mass is 16.5. The number of pyridine rings is 1. The Balaban J connectivity index is 2.07. The fourth-order valence-electron chi connectivity index (χ4n) is 2.20. The molecule has 1 N–H and O–H groups in total. The van der Waals surface area contributed by atoms with Crippen LogP contribution in [0.15, 0.2) is 42.6 Å². The van der Waals surface area contributed by atoms with E-state index in [1.807, 2.05) is 49.5 Å². The van der Waals surface area contributed by atoms with Crippen molar-refractivity contribution in [2.75, 3.05) is 13.7 Å². The van der Waals surface area contributed by atoms with Gasteiger partial charge in [0, 0.05) is 24.3 Å². The topological polar surface area (TPSA) is 43.4 Å². The second kappa shape index (κ2) is 7.64. The molecule has 0 fully saturated rings. The fourth-order valence-corrected chi connectivity index (χ4v) is 2.20. The van der Waals surface area contributed by atoms with Crippen molar-refractivity contribution in [2.45, 2.75) is 26.4 Å². The van der Waals surface area contributed by atoms with Crippen LogP contribution in [0.25, 0.3) is 0 Å². The van der Waals surface area contributed by atoms with Crippen LogP contribution < -0.4 is 14.8 Å². The molecule has 1 aromatic carbocycles. The molecule has 0 spiro atoms. The van der Waals surface area contributed by atoms with E-state index in [2.05, 4.69) is 17.2 Å². The van der Waals surface area contributed by atoms with E-state index < -0.39 is 0 Å². The number of para-hydroxylation sites is 1. The van der Waals surface area contributed by atoms with Gasteiger partial charge >= 0.3 is 0 Å². The molecule has 0 bridgehead atoms. The first-order chi connectivity index (χ1) is 10.3. The molecule has 2 aromatic rings. The lowest BCUT2D eigenvalue weighted by Crippen LogP contribution is -2.19. The zero-order valence-corrected chi connectivity index (χ0v) is 12.8. The van der Waals surface area contributed by atoms with Crippen molar-refractivity contribution in [3.63, 3.8) is 0 Å². The van der Waals surface area contributed by atoms with E-state index >= 15 is 0 Å². The Morgan fingerprint density at radius 2 is 2.05 bits per heavy atom. The van der Waals surface area contributed by atoms with Crippen molar-refractivity contribution in [3.05, 3.63) is 53.9 Å². The van der Waals surface area contributed by atoms with Gasteiger partial charge in [0.25, 0.3) is 0 Å². The molecule has 0 aliphatic heterocycles. The van der Waals surface area contributed by atoms with Gasteiger partial charge in [0.1, 0.15) is 0 Å². The van der Waals surface area contributed by atoms with E-state index in [1.54, 1.807) is 7.11 Å². The largest absolute Gasteiger partial charge is 0.493 e. The SMILES string of the molecule is CCOc1cccc(CNC(C)c2ccccn2)c1OC. The molecule has 0 aliphatic rings. The standard InChI is InChI=1S/C17H22N2O2/c1-4-21-16-10-7-8-14(17(16)20-3)12-19-13(2)15-9-5-6-11-18-15/h5-11,13,19H,4,12H2,1-3H3. The highest BCUT2D eigenvalue weighted by Gasteiger charge is 2.11. The van der Waals surface area contributed by atoms with E-state index in [0.29, 0.717) is 13.2 Å². The number of benzene rings is 1. The summed E-state index contributed by atoms with van der Waals surface area (Å²) in [6.45, 7) is 5.38. The first kappa shape index (κ1) is 15.3. The highest BCUT2D eigenvalue weighted by Crippen LogP contribution is 2.31. The number of nitrogens with one attached hydrogen (secondary N) is 1. The average Bonchev–Trinajstić information content (AvgIpc) is 2.54. The van der Waals surface area contributed by atoms with Gasteiger partial charge in [-0.2, -0.15) is 0 Å². The number of aromatic nitrogens is 1. The molecule has 0 aliphatic carbocycles. The molecule has 0 saturated carbocycles. The fraction of sp³-hybridized carbons (Fsp3) is 0.353. The molecule has 0 amide bonds. The summed E-state index contributed by atoms with van der Waals surface area (Å²) in [4.78, 5) is 4.36. The normalized spacial score (nSPS) is 12.0. The van der Waals surface area contributed by atoms with Gasteiger partial charge in [-0.3, -0.25) is 4.98 Å². The Bertz CT molecular complexity index is 558. The molecule has 0 radical (unpaired) electrons. The van der Waals surface area contributed by atoms with Crippen molar-refractivity contribution in [3.8, 4) is 11.5 Å². The van der Waals surface area contributed by atoms with E-state index in [9.17, 15) is 0 Å². The molecular formula is C17H22N2O2. The molecule has 112 valence electrons. The van der Waals surface area contributed by atoms with Crippen molar-refractivity contribution >= 4 is 0 Å². The first-order valence-corrected chi connectivity index (χ1v) is 7.19. The van der Waals surface area contributed by atoms with Gasteiger partial charge in [-0.1, -0.05) is 18.2 Å². The Morgan fingerprint density at radius 3 is 2.71 bits per heavy atom. The number of hydrogen-bond donors (Lipinski definition) is 1. The Kier molecular flexibility index (Phi) is 5.58. The van der Waals surface area contributed by atoms with Gasteiger partial charge in [-0.05, 0) is 32.0 Å². The summed E-state index contributed by atoms with van der Waals surface area (Å²) in [6, 6.07) is 12.1. The van der Waals surface area contributed by atoms with E-state index in [4.69, 9.17) is 9.47 Å². The number of rotatable bonds is 7. The third kappa shape index (κ3) is 3.95. The molecule has 2 rings (SSSR count). The maximum absolute atomic E-state index is 5.59. The average molecular weight is 286 g/mol. The van der Waals surface area contributed by atoms with Crippen LogP contribution in [0, 0.1) is 0 Å². The quantitative estimate of drug-likeness (QED) is 0.847. The second-order valence-corrected chi connectivity index (χ2v) is 4.74. The maximum atomic E-state index is 5.59. The summed E-state index contributed by atoms with van der Waals surface area (Å²) in [5, 5.41) is 3.46. The van der Waals surface area contributed by atoms with Crippen LogP contribution >= 0.6 is 0 Å². The zero-order chi connectivity index (χ0) is 15.1. The Morgan fingerprint density at radius 1 is 1.19 bits per heavy atom. The number of ether oxygens (including phenoxy) is 2. The number of nitrogens with zero attached hydrogens (tertiary/aromatic N) is 1. The van der Waals surface area contributed by atoms with Crippen LogP contribution in [-0.2, 0) is 6.54 Å². The van der Waals surface area contributed by atoms with Gasteiger partial charge in [-0.15, -0.1) is 0 Å². The summed E-state index contributed by atoms with van der Waals surface area (Å²) in [5.74, 6) is 1.57. The molecule has 1 heterocycles. The van der Waals surface area contributed by atoms with Crippen LogP contribution in [0.3, 0.4) is 0 Å². The lowest BCUT2D eigenvalue weighted by Gasteiger charge is -2.17. The summed E-state index contributed by atoms with van der Waals surface area (Å²) < 4.78 is 11.1. The first-order valence-electron chi connectivity index (χ1n) is 7.19. The minimum atomic E-state index is 0.173. The molecule has 4 nitrogen and oxygen atoms in total. The van der Waals surface area contributed by atoms with Gasteiger partial charge in [0.2, 0.25) is 0 Å². The van der Waals surface area contributed by atoms with E-state index in [1.165, 1.54) is 0 Å². The van der Waals surface area contributed by atoms with E-state index in [-0.39, 0.29) is 6.04 Å². The lowest BCUT2D eigenvalue weighted by molar-refractivity contribution is 0.308. The highest BCUT2D eigenvalue weighted by molar-refractivity contribution is 5.46. The molecule has 0 saturated heterocycles. The third-order valence-electron chi connectivity index (χ3n) is 3.29. The van der Waals surface area contributed by atoms with Crippen molar-refractivity contribution < 1.29 is 9.47 Å². The zero-order valence-electron chi connectivity index (χ0n) is 12.8. The molecule has 1 aromatic heterocycles. The predicted molar refractivity (Wildman–Crippen MR) is 83.7 cm³/mol. The second-order valence-electron chi connectivity index (χ2n) is 4.74. The summed E-state index contributed by atoms with van der Waals surface area (Å²) in [5.41, 5.74) is 2.10. The van der Waals surface area contributed by atoms with Gasteiger partial charge < -0.3 is 14.8 Å². The smallest absolute Gasteiger partial charge is 0.165 e. The molecule has 21 heavy (non-hydrogen) atoms. The predicted octanol–water partition coefficient (Wildman–Crippen LogP) is 3.34. The molecular weight excluding hydrogens is 264 g/mol. The van der Waals surface area contributed by atoms with Gasteiger partial charge in [0.15, 0.2) is 11.5 Å². The Hall–Kier alpha value is -2.07. The molecule has 1 unspecified atom stereocenters. The summed E-state index contributed by atoms with van der Waals surface area (Å²) in [7, 11) is 1.67. The van der Waals surface area contributed by atoms with Crippen LogP contribution in [0.5, 0.6) is 11.5 Å². The van der Waals surface area contributed by atoms with E-state index in [0.717, 1.165) is 22.8 Å². The van der Waals surface area contributed by atoms with Crippen molar-refractivity contribution in [1.29, 1.82) is 0 Å². The van der Waals surface area contributed by atoms with Crippen LogP contribution in [0.2, 0.25) is 0 Å². The lowest BCUT2D eigenvalue weighted by atomic mass is 10.1. The molecule has 4 heteroatoms. The summed E-state index contributed by atoms with van der Waals surface area (Å²) >= 11 is 0. The van der Waals surface area contributed by atoms with Crippen LogP contribution in [0.4, 0.5) is 0 Å². The minimum Gasteiger partial charge on any atom is -0.493 e. The molecule has 1 atom stereocenters. The van der Waals surface area contributed by atoms with Crippen molar-refractivity contribution in [2.24, 2.45) is 0 Å². The number of hydrogen-bond acceptors (Lipinski definition) is 4. The van der Waals surface area contributed by atoms with Gasteiger partial charge in [-0.25, -0.2) is 0 Å². The Labute approximate surface area is 126 Å². The maximum Gasteiger partial charge on any atom is 0.165 e.